The molecular formula is C22H29FN2O3S. The van der Waals surface area contributed by atoms with Gasteiger partial charge in [0.15, 0.2) is 0 Å². The highest BCUT2D eigenvalue weighted by molar-refractivity contribution is 7.92. The van der Waals surface area contributed by atoms with Crippen molar-refractivity contribution in [1.82, 2.24) is 5.32 Å². The number of amides is 1. The first-order chi connectivity index (χ1) is 13.3. The van der Waals surface area contributed by atoms with Crippen LogP contribution in [0.1, 0.15) is 41.0 Å². The molecule has 29 heavy (non-hydrogen) atoms. The molecule has 0 bridgehead atoms. The average Bonchev–Trinajstić information content (AvgIpc) is 2.58. The Labute approximate surface area is 173 Å². The van der Waals surface area contributed by atoms with Gasteiger partial charge < -0.3 is 5.32 Å². The van der Waals surface area contributed by atoms with Crippen LogP contribution in [-0.2, 0) is 14.8 Å². The van der Waals surface area contributed by atoms with E-state index in [1.54, 1.807) is 30.3 Å². The lowest BCUT2D eigenvalue weighted by atomic mass is 9.82. The van der Waals surface area contributed by atoms with Crippen LogP contribution < -0.4 is 9.62 Å². The molecule has 0 fully saturated rings. The molecular weight excluding hydrogens is 391 g/mol. The highest BCUT2D eigenvalue weighted by Crippen LogP contribution is 2.27. The Balaban J connectivity index is 2.33. The molecule has 2 rings (SSSR count). The van der Waals surface area contributed by atoms with Crippen LogP contribution in [0.3, 0.4) is 0 Å². The number of hydrogen-bond acceptors (Lipinski definition) is 3. The summed E-state index contributed by atoms with van der Waals surface area (Å²) in [5.74, 6) is -0.939. The van der Waals surface area contributed by atoms with Gasteiger partial charge in [-0.05, 0) is 62.1 Å². The van der Waals surface area contributed by atoms with Gasteiger partial charge >= 0.3 is 0 Å². The number of para-hydroxylation sites is 1. The largest absolute Gasteiger partial charge is 0.350 e. The predicted octanol–water partition coefficient (Wildman–Crippen LogP) is 4.35. The molecule has 1 N–H and O–H groups in total. The lowest BCUT2D eigenvalue weighted by molar-refractivity contribution is -0.121. The maximum atomic E-state index is 13.3. The Morgan fingerprint density at radius 2 is 1.52 bits per heavy atom. The molecule has 2 aromatic rings. The van der Waals surface area contributed by atoms with Crippen LogP contribution in [0.25, 0.3) is 0 Å². The van der Waals surface area contributed by atoms with Crippen LogP contribution in [0.5, 0.6) is 0 Å². The van der Waals surface area contributed by atoms with E-state index in [9.17, 15) is 17.6 Å². The summed E-state index contributed by atoms with van der Waals surface area (Å²) in [4.78, 5) is 12.7. The fourth-order valence-electron chi connectivity index (χ4n) is 3.56. The Hall–Kier alpha value is -2.41. The maximum absolute atomic E-state index is 13.3. The molecule has 0 aliphatic carbocycles. The minimum absolute atomic E-state index is 0.00388. The average molecular weight is 421 g/mol. The third kappa shape index (κ3) is 6.56. The summed E-state index contributed by atoms with van der Waals surface area (Å²) >= 11 is 0. The van der Waals surface area contributed by atoms with Gasteiger partial charge in [-0.3, -0.25) is 9.10 Å². The topological polar surface area (TPSA) is 66.5 Å². The molecule has 2 aromatic carbocycles. The van der Waals surface area contributed by atoms with Crippen LogP contribution >= 0.6 is 0 Å². The number of nitrogens with zero attached hydrogens (tertiary/aromatic N) is 1. The molecule has 0 atom stereocenters. The van der Waals surface area contributed by atoms with E-state index >= 15 is 0 Å². The normalized spacial score (nSPS) is 12.5. The quantitative estimate of drug-likeness (QED) is 0.724. The van der Waals surface area contributed by atoms with Crippen LogP contribution in [0, 0.1) is 11.2 Å². The highest BCUT2D eigenvalue weighted by Gasteiger charge is 2.31. The SMILES string of the molecule is CC(C)(C)CC(C)(C)NC(=O)CN(c1ccccc1)S(=O)(=O)c1ccc(F)cc1. The van der Waals surface area contributed by atoms with Crippen LogP contribution in [0.15, 0.2) is 59.5 Å². The summed E-state index contributed by atoms with van der Waals surface area (Å²) in [5.41, 5.74) is -0.145. The van der Waals surface area contributed by atoms with E-state index in [-0.39, 0.29) is 16.9 Å². The Morgan fingerprint density at radius 3 is 2.03 bits per heavy atom. The van der Waals surface area contributed by atoms with E-state index in [1.807, 2.05) is 13.8 Å². The summed E-state index contributed by atoms with van der Waals surface area (Å²) in [6.45, 7) is 9.69. The molecule has 0 radical (unpaired) electrons. The number of anilines is 1. The van der Waals surface area contributed by atoms with Crippen molar-refractivity contribution in [2.75, 3.05) is 10.8 Å². The summed E-state index contributed by atoms with van der Waals surface area (Å²) in [6, 6.07) is 13.0. The highest BCUT2D eigenvalue weighted by atomic mass is 32.2. The number of carbonyl (C=O) groups excluding carboxylic acids is 1. The third-order valence-electron chi connectivity index (χ3n) is 4.18. The molecule has 0 saturated heterocycles. The molecule has 5 nitrogen and oxygen atoms in total. The van der Waals surface area contributed by atoms with Crippen molar-refractivity contribution < 1.29 is 17.6 Å². The summed E-state index contributed by atoms with van der Waals surface area (Å²) in [7, 11) is -4.05. The molecule has 0 aliphatic rings. The van der Waals surface area contributed by atoms with Crippen molar-refractivity contribution in [2.24, 2.45) is 5.41 Å². The molecule has 0 aromatic heterocycles. The smallest absolute Gasteiger partial charge is 0.264 e. The summed E-state index contributed by atoms with van der Waals surface area (Å²) in [6.07, 6.45) is 0.724. The Bertz CT molecular complexity index is 934. The van der Waals surface area contributed by atoms with Crippen molar-refractivity contribution in [3.05, 3.63) is 60.4 Å². The zero-order valence-electron chi connectivity index (χ0n) is 17.6. The van der Waals surface area contributed by atoms with Gasteiger partial charge in [0.1, 0.15) is 12.4 Å². The van der Waals surface area contributed by atoms with Gasteiger partial charge in [-0.1, -0.05) is 39.0 Å². The van der Waals surface area contributed by atoms with E-state index < -0.39 is 27.3 Å². The molecule has 0 spiro atoms. The Kier molecular flexibility index (Phi) is 6.73. The number of benzene rings is 2. The monoisotopic (exact) mass is 420 g/mol. The second-order valence-corrected chi connectivity index (χ2v) is 10.8. The van der Waals surface area contributed by atoms with Crippen molar-refractivity contribution in [3.8, 4) is 0 Å². The lowest BCUT2D eigenvalue weighted by Crippen LogP contribution is -2.50. The predicted molar refractivity (Wildman–Crippen MR) is 114 cm³/mol. The van der Waals surface area contributed by atoms with E-state index in [0.29, 0.717) is 5.69 Å². The number of nitrogens with one attached hydrogen (secondary N) is 1. The molecule has 0 unspecified atom stereocenters. The van der Waals surface area contributed by atoms with E-state index in [4.69, 9.17) is 0 Å². The van der Waals surface area contributed by atoms with Crippen LogP contribution in [0.4, 0.5) is 10.1 Å². The fourth-order valence-corrected chi connectivity index (χ4v) is 4.98. The molecule has 158 valence electrons. The fraction of sp³-hybridized carbons (Fsp3) is 0.409. The van der Waals surface area contributed by atoms with E-state index in [0.717, 1.165) is 22.9 Å². The van der Waals surface area contributed by atoms with Gasteiger partial charge in [0.05, 0.1) is 10.6 Å². The van der Waals surface area contributed by atoms with Gasteiger partial charge in [-0.25, -0.2) is 12.8 Å². The minimum atomic E-state index is -4.05. The Morgan fingerprint density at radius 1 is 0.966 bits per heavy atom. The van der Waals surface area contributed by atoms with E-state index in [2.05, 4.69) is 26.1 Å². The molecule has 1 amide bonds. The number of sulfonamides is 1. The number of halogens is 1. The standard InChI is InChI=1S/C22H29FN2O3S/c1-21(2,3)16-22(4,5)24-20(26)15-25(18-9-7-6-8-10-18)29(27,28)19-13-11-17(23)12-14-19/h6-14H,15-16H2,1-5H3,(H,24,26). The molecule has 0 heterocycles. The van der Waals surface area contributed by atoms with Gasteiger partial charge in [-0.2, -0.15) is 0 Å². The van der Waals surface area contributed by atoms with E-state index in [1.165, 1.54) is 12.1 Å². The van der Waals surface area contributed by atoms with Gasteiger partial charge in [0.2, 0.25) is 5.91 Å². The van der Waals surface area contributed by atoms with Gasteiger partial charge in [-0.15, -0.1) is 0 Å². The van der Waals surface area contributed by atoms with Crippen LogP contribution in [-0.4, -0.2) is 26.4 Å². The first-order valence-corrected chi connectivity index (χ1v) is 10.9. The molecule has 0 aliphatic heterocycles. The van der Waals surface area contributed by atoms with Crippen molar-refractivity contribution in [1.29, 1.82) is 0 Å². The number of rotatable bonds is 7. The summed E-state index contributed by atoms with van der Waals surface area (Å²) in [5, 5.41) is 2.94. The zero-order chi connectivity index (χ0) is 21.9. The first-order valence-electron chi connectivity index (χ1n) is 9.45. The summed E-state index contributed by atoms with van der Waals surface area (Å²) < 4.78 is 40.7. The zero-order valence-corrected chi connectivity index (χ0v) is 18.4. The maximum Gasteiger partial charge on any atom is 0.264 e. The minimum Gasteiger partial charge on any atom is -0.350 e. The first kappa shape index (κ1) is 22.9. The van der Waals surface area contributed by atoms with Crippen molar-refractivity contribution >= 4 is 21.6 Å². The van der Waals surface area contributed by atoms with Gasteiger partial charge in [0, 0.05) is 5.54 Å². The molecule has 0 saturated carbocycles. The second kappa shape index (κ2) is 8.53. The third-order valence-corrected chi connectivity index (χ3v) is 5.97. The van der Waals surface area contributed by atoms with Crippen molar-refractivity contribution in [2.45, 2.75) is 51.5 Å². The van der Waals surface area contributed by atoms with Crippen LogP contribution in [0.2, 0.25) is 0 Å². The molecule has 7 heteroatoms. The lowest BCUT2D eigenvalue weighted by Gasteiger charge is -2.34. The second-order valence-electron chi connectivity index (χ2n) is 8.97. The number of hydrogen-bond donors (Lipinski definition) is 1. The number of carbonyl (C=O) groups is 1. The van der Waals surface area contributed by atoms with Gasteiger partial charge in [0.25, 0.3) is 10.0 Å². The van der Waals surface area contributed by atoms with Crippen molar-refractivity contribution in [3.63, 3.8) is 0 Å².